The standard InChI is InChI=1S/C13H9BrClF2N/c14-10-3-2-9(15)6-13(10)18-7-8-1-4-11(16)12(17)5-8/h1-6,18H,7H2. The van der Waals surface area contributed by atoms with Gasteiger partial charge in [0.1, 0.15) is 0 Å². The molecule has 0 aliphatic rings. The highest BCUT2D eigenvalue weighted by atomic mass is 79.9. The molecule has 0 spiro atoms. The predicted molar refractivity (Wildman–Crippen MR) is 72.8 cm³/mol. The summed E-state index contributed by atoms with van der Waals surface area (Å²) < 4.78 is 26.6. The quantitative estimate of drug-likeness (QED) is 0.834. The molecule has 0 saturated carbocycles. The lowest BCUT2D eigenvalue weighted by molar-refractivity contribution is 0.507. The largest absolute Gasteiger partial charge is 0.380 e. The first-order valence-electron chi connectivity index (χ1n) is 5.19. The van der Waals surface area contributed by atoms with E-state index in [1.165, 1.54) is 12.1 Å². The molecule has 0 amide bonds. The number of benzene rings is 2. The van der Waals surface area contributed by atoms with Crippen LogP contribution >= 0.6 is 27.5 Å². The second-order valence-electron chi connectivity index (χ2n) is 3.73. The van der Waals surface area contributed by atoms with Gasteiger partial charge in [0.2, 0.25) is 0 Å². The monoisotopic (exact) mass is 331 g/mol. The van der Waals surface area contributed by atoms with Gasteiger partial charge in [0.25, 0.3) is 0 Å². The van der Waals surface area contributed by atoms with Gasteiger partial charge in [-0.15, -0.1) is 0 Å². The highest BCUT2D eigenvalue weighted by Crippen LogP contribution is 2.26. The highest BCUT2D eigenvalue weighted by molar-refractivity contribution is 9.10. The molecule has 0 aliphatic carbocycles. The van der Waals surface area contributed by atoms with Gasteiger partial charge in [0.05, 0.1) is 5.69 Å². The Morgan fingerprint density at radius 1 is 1.06 bits per heavy atom. The molecule has 0 atom stereocenters. The fourth-order valence-electron chi connectivity index (χ4n) is 1.48. The summed E-state index contributed by atoms with van der Waals surface area (Å²) in [6, 6.07) is 9.14. The van der Waals surface area contributed by atoms with Crippen LogP contribution in [-0.2, 0) is 6.54 Å². The van der Waals surface area contributed by atoms with Crippen molar-refractivity contribution in [3.8, 4) is 0 Å². The van der Waals surface area contributed by atoms with Crippen molar-refractivity contribution in [2.45, 2.75) is 6.54 Å². The van der Waals surface area contributed by atoms with Gasteiger partial charge in [-0.3, -0.25) is 0 Å². The summed E-state index contributed by atoms with van der Waals surface area (Å²) >= 11 is 9.25. The summed E-state index contributed by atoms with van der Waals surface area (Å²) in [5, 5.41) is 3.70. The summed E-state index contributed by atoms with van der Waals surface area (Å²) in [6.45, 7) is 0.385. The third kappa shape index (κ3) is 3.21. The van der Waals surface area contributed by atoms with Gasteiger partial charge in [-0.2, -0.15) is 0 Å². The number of anilines is 1. The maximum absolute atomic E-state index is 13.0. The van der Waals surface area contributed by atoms with E-state index in [9.17, 15) is 8.78 Å². The van der Waals surface area contributed by atoms with Crippen LogP contribution in [-0.4, -0.2) is 0 Å². The van der Waals surface area contributed by atoms with Crippen LogP contribution < -0.4 is 5.32 Å². The van der Waals surface area contributed by atoms with Crippen molar-refractivity contribution < 1.29 is 8.78 Å². The molecule has 0 unspecified atom stereocenters. The second-order valence-corrected chi connectivity index (χ2v) is 5.02. The zero-order chi connectivity index (χ0) is 13.1. The van der Waals surface area contributed by atoms with E-state index >= 15 is 0 Å². The Balaban J connectivity index is 2.11. The number of rotatable bonds is 3. The Morgan fingerprint density at radius 3 is 2.56 bits per heavy atom. The van der Waals surface area contributed by atoms with E-state index in [0.29, 0.717) is 17.1 Å². The van der Waals surface area contributed by atoms with Crippen molar-refractivity contribution in [2.24, 2.45) is 0 Å². The maximum atomic E-state index is 13.0. The molecule has 2 aromatic carbocycles. The molecular weight excluding hydrogens is 324 g/mol. The molecule has 5 heteroatoms. The molecule has 0 fully saturated rings. The molecule has 0 bridgehead atoms. The van der Waals surface area contributed by atoms with E-state index in [1.54, 1.807) is 12.1 Å². The molecule has 18 heavy (non-hydrogen) atoms. The minimum absolute atomic E-state index is 0.385. The van der Waals surface area contributed by atoms with Crippen molar-refractivity contribution >= 4 is 33.2 Å². The summed E-state index contributed by atoms with van der Waals surface area (Å²) in [4.78, 5) is 0. The van der Waals surface area contributed by atoms with Crippen LogP contribution in [0.25, 0.3) is 0 Å². The van der Waals surface area contributed by atoms with E-state index in [0.717, 1.165) is 16.2 Å². The summed E-state index contributed by atoms with van der Waals surface area (Å²) in [7, 11) is 0. The third-order valence-corrected chi connectivity index (χ3v) is 3.32. The van der Waals surface area contributed by atoms with Crippen molar-refractivity contribution in [1.82, 2.24) is 0 Å². The third-order valence-electron chi connectivity index (χ3n) is 2.40. The lowest BCUT2D eigenvalue weighted by atomic mass is 10.2. The minimum Gasteiger partial charge on any atom is -0.380 e. The molecule has 2 aromatic rings. The van der Waals surface area contributed by atoms with E-state index in [4.69, 9.17) is 11.6 Å². The summed E-state index contributed by atoms with van der Waals surface area (Å²) in [6.07, 6.45) is 0. The van der Waals surface area contributed by atoms with E-state index < -0.39 is 11.6 Å². The Hall–Kier alpha value is -1.13. The maximum Gasteiger partial charge on any atom is 0.159 e. The first-order valence-corrected chi connectivity index (χ1v) is 6.36. The zero-order valence-corrected chi connectivity index (χ0v) is 11.5. The van der Waals surface area contributed by atoms with Gasteiger partial charge in [-0.05, 0) is 51.8 Å². The van der Waals surface area contributed by atoms with Gasteiger partial charge in [0, 0.05) is 16.0 Å². The average Bonchev–Trinajstić information content (AvgIpc) is 2.34. The molecule has 0 aromatic heterocycles. The van der Waals surface area contributed by atoms with Gasteiger partial charge in [0.15, 0.2) is 11.6 Å². The van der Waals surface area contributed by atoms with Crippen LogP contribution in [0.15, 0.2) is 40.9 Å². The smallest absolute Gasteiger partial charge is 0.159 e. The minimum atomic E-state index is -0.848. The van der Waals surface area contributed by atoms with Gasteiger partial charge >= 0.3 is 0 Å². The van der Waals surface area contributed by atoms with Crippen LogP contribution in [0.5, 0.6) is 0 Å². The Morgan fingerprint density at radius 2 is 1.83 bits per heavy atom. The van der Waals surface area contributed by atoms with Crippen molar-refractivity contribution in [1.29, 1.82) is 0 Å². The fraction of sp³-hybridized carbons (Fsp3) is 0.0769. The second kappa shape index (κ2) is 5.67. The number of hydrogen-bond acceptors (Lipinski definition) is 1. The molecule has 1 nitrogen and oxygen atoms in total. The lowest BCUT2D eigenvalue weighted by Crippen LogP contribution is -2.01. The lowest BCUT2D eigenvalue weighted by Gasteiger charge is -2.09. The molecule has 0 radical (unpaired) electrons. The first kappa shape index (κ1) is 13.3. The summed E-state index contributed by atoms with van der Waals surface area (Å²) in [5.74, 6) is -1.69. The predicted octanol–water partition coefficient (Wildman–Crippen LogP) is 4.99. The van der Waals surface area contributed by atoms with Crippen molar-refractivity contribution in [2.75, 3.05) is 5.32 Å². The van der Waals surface area contributed by atoms with Crippen LogP contribution in [0.4, 0.5) is 14.5 Å². The number of nitrogens with one attached hydrogen (secondary N) is 1. The van der Waals surface area contributed by atoms with Crippen LogP contribution in [0.1, 0.15) is 5.56 Å². The van der Waals surface area contributed by atoms with Gasteiger partial charge in [-0.1, -0.05) is 17.7 Å². The van der Waals surface area contributed by atoms with Crippen molar-refractivity contribution in [3.05, 3.63) is 63.1 Å². The fourth-order valence-corrected chi connectivity index (χ4v) is 2.04. The SMILES string of the molecule is Fc1ccc(CNc2cc(Cl)ccc2Br)cc1F. The van der Waals surface area contributed by atoms with Crippen LogP contribution in [0.3, 0.4) is 0 Å². The topological polar surface area (TPSA) is 12.0 Å². The molecular formula is C13H9BrClF2N. The average molecular weight is 333 g/mol. The first-order chi connectivity index (χ1) is 8.56. The summed E-state index contributed by atoms with van der Waals surface area (Å²) in [5.41, 5.74) is 1.45. The zero-order valence-electron chi connectivity index (χ0n) is 9.18. The van der Waals surface area contributed by atoms with Gasteiger partial charge in [-0.25, -0.2) is 8.78 Å². The molecule has 1 N–H and O–H groups in total. The normalized spacial score (nSPS) is 10.4. The molecule has 2 rings (SSSR count). The molecule has 0 aliphatic heterocycles. The Kier molecular flexibility index (Phi) is 4.19. The number of halogens is 4. The van der Waals surface area contributed by atoms with E-state index in [1.807, 2.05) is 6.07 Å². The molecule has 0 heterocycles. The van der Waals surface area contributed by atoms with Crippen LogP contribution in [0.2, 0.25) is 5.02 Å². The Labute approximate surface area is 117 Å². The number of hydrogen-bond donors (Lipinski definition) is 1. The molecule has 0 saturated heterocycles. The Bertz CT molecular complexity index is 575. The highest BCUT2D eigenvalue weighted by Gasteiger charge is 2.04. The van der Waals surface area contributed by atoms with Crippen LogP contribution in [0, 0.1) is 11.6 Å². The van der Waals surface area contributed by atoms with Gasteiger partial charge < -0.3 is 5.32 Å². The molecule has 94 valence electrons. The van der Waals surface area contributed by atoms with Crippen molar-refractivity contribution in [3.63, 3.8) is 0 Å². The van der Waals surface area contributed by atoms with E-state index in [-0.39, 0.29) is 0 Å². The van der Waals surface area contributed by atoms with E-state index in [2.05, 4.69) is 21.2 Å².